The summed E-state index contributed by atoms with van der Waals surface area (Å²) < 4.78 is 17.0. The molecule has 1 saturated heterocycles. The van der Waals surface area contributed by atoms with Gasteiger partial charge in [0.05, 0.1) is 12.8 Å². The first-order valence-corrected chi connectivity index (χ1v) is 5.39. The second kappa shape index (κ2) is 6.61. The minimum atomic E-state index is -0.388. The number of urea groups is 1. The molecule has 0 aromatic heterocycles. The number of carbonyl (C=O) groups excluding carboxylic acids is 1. The topological polar surface area (TPSA) is 41.6 Å². The van der Waals surface area contributed by atoms with Crippen LogP contribution >= 0.6 is 0 Å². The van der Waals surface area contributed by atoms with Gasteiger partial charge in [-0.3, -0.25) is 4.39 Å². The summed E-state index contributed by atoms with van der Waals surface area (Å²) in [5, 5.41) is 2.69. The van der Waals surface area contributed by atoms with Crippen LogP contribution in [-0.4, -0.2) is 50.5 Å². The van der Waals surface area contributed by atoms with Gasteiger partial charge in [0.2, 0.25) is 0 Å². The molecular formula is C10H19FN2O2. The van der Waals surface area contributed by atoms with Gasteiger partial charge in [-0.25, -0.2) is 4.79 Å². The number of halogens is 1. The fraction of sp³-hybridized carbons (Fsp3) is 0.900. The molecule has 2 amide bonds. The van der Waals surface area contributed by atoms with Crippen LogP contribution in [0.4, 0.5) is 9.18 Å². The van der Waals surface area contributed by atoms with E-state index in [0.717, 1.165) is 19.4 Å². The Balaban J connectivity index is 2.25. The van der Waals surface area contributed by atoms with Crippen LogP contribution in [0, 0.1) is 0 Å². The van der Waals surface area contributed by atoms with Crippen LogP contribution in [-0.2, 0) is 4.74 Å². The van der Waals surface area contributed by atoms with Gasteiger partial charge < -0.3 is 15.0 Å². The summed E-state index contributed by atoms with van der Waals surface area (Å²) in [6, 6.07) is -0.106. The second-order valence-electron chi connectivity index (χ2n) is 3.72. The Morgan fingerprint density at radius 2 is 2.47 bits per heavy atom. The predicted molar refractivity (Wildman–Crippen MR) is 55.6 cm³/mol. The predicted octanol–water partition coefficient (Wildman–Crippen LogP) is 1.17. The SMILES string of the molecule is COC1CCCN(C(=O)NCCCF)C1. The third-order valence-electron chi connectivity index (χ3n) is 2.59. The molecule has 0 aromatic carbocycles. The zero-order valence-corrected chi connectivity index (χ0v) is 9.17. The molecule has 0 spiro atoms. The van der Waals surface area contributed by atoms with Crippen LogP contribution in [0.25, 0.3) is 0 Å². The van der Waals surface area contributed by atoms with Gasteiger partial charge in [-0.05, 0) is 19.3 Å². The molecule has 4 nitrogen and oxygen atoms in total. The highest BCUT2D eigenvalue weighted by atomic mass is 19.1. The third kappa shape index (κ3) is 4.03. The van der Waals surface area contributed by atoms with Crippen LogP contribution < -0.4 is 5.32 Å². The minimum absolute atomic E-state index is 0.106. The Labute approximate surface area is 89.8 Å². The number of nitrogens with zero attached hydrogens (tertiary/aromatic N) is 1. The summed E-state index contributed by atoms with van der Waals surface area (Å²) in [6.07, 6.45) is 2.50. The summed E-state index contributed by atoms with van der Waals surface area (Å²) in [4.78, 5) is 13.3. The lowest BCUT2D eigenvalue weighted by Crippen LogP contribution is -2.47. The molecule has 0 aliphatic carbocycles. The van der Waals surface area contributed by atoms with Gasteiger partial charge in [-0.2, -0.15) is 0 Å². The van der Waals surface area contributed by atoms with E-state index in [0.29, 0.717) is 19.5 Å². The van der Waals surface area contributed by atoms with Crippen molar-refractivity contribution in [3.05, 3.63) is 0 Å². The Bertz CT molecular complexity index is 202. The molecule has 1 heterocycles. The molecule has 15 heavy (non-hydrogen) atoms. The summed E-state index contributed by atoms with van der Waals surface area (Å²) in [5.41, 5.74) is 0. The molecule has 88 valence electrons. The van der Waals surface area contributed by atoms with E-state index in [4.69, 9.17) is 4.74 Å². The van der Waals surface area contributed by atoms with Crippen molar-refractivity contribution in [3.63, 3.8) is 0 Å². The van der Waals surface area contributed by atoms with E-state index in [1.54, 1.807) is 12.0 Å². The lowest BCUT2D eigenvalue weighted by molar-refractivity contribution is 0.0435. The number of nitrogens with one attached hydrogen (secondary N) is 1. The molecular weight excluding hydrogens is 199 g/mol. The van der Waals surface area contributed by atoms with Crippen LogP contribution in [0.3, 0.4) is 0 Å². The molecule has 1 unspecified atom stereocenters. The molecule has 1 rings (SSSR count). The second-order valence-corrected chi connectivity index (χ2v) is 3.72. The van der Waals surface area contributed by atoms with E-state index in [2.05, 4.69) is 5.32 Å². The Morgan fingerprint density at radius 1 is 1.67 bits per heavy atom. The molecule has 5 heteroatoms. The van der Waals surface area contributed by atoms with Gasteiger partial charge in [0, 0.05) is 26.7 Å². The van der Waals surface area contributed by atoms with Gasteiger partial charge in [0.1, 0.15) is 0 Å². The Kier molecular flexibility index (Phi) is 5.39. The highest BCUT2D eigenvalue weighted by Crippen LogP contribution is 2.12. The van der Waals surface area contributed by atoms with E-state index in [-0.39, 0.29) is 18.8 Å². The number of carbonyl (C=O) groups is 1. The van der Waals surface area contributed by atoms with Crippen molar-refractivity contribution in [1.29, 1.82) is 0 Å². The van der Waals surface area contributed by atoms with Crippen molar-refractivity contribution < 1.29 is 13.9 Å². The fourth-order valence-corrected chi connectivity index (χ4v) is 1.69. The number of methoxy groups -OCH3 is 1. The normalized spacial score (nSPS) is 21.5. The number of amides is 2. The number of hydrogen-bond acceptors (Lipinski definition) is 2. The minimum Gasteiger partial charge on any atom is -0.380 e. The fourth-order valence-electron chi connectivity index (χ4n) is 1.69. The first-order valence-electron chi connectivity index (χ1n) is 5.39. The molecule has 1 atom stereocenters. The van der Waals surface area contributed by atoms with Gasteiger partial charge in [-0.1, -0.05) is 0 Å². The summed E-state index contributed by atoms with van der Waals surface area (Å²) in [6.45, 7) is 1.42. The first-order chi connectivity index (χ1) is 7.27. The number of ether oxygens (including phenoxy) is 1. The van der Waals surface area contributed by atoms with Crippen molar-refractivity contribution >= 4 is 6.03 Å². The Hall–Kier alpha value is -0.840. The maximum absolute atomic E-state index is 11.8. The zero-order chi connectivity index (χ0) is 11.1. The van der Waals surface area contributed by atoms with Crippen LogP contribution in [0.1, 0.15) is 19.3 Å². The number of piperidine rings is 1. The molecule has 1 N–H and O–H groups in total. The number of rotatable bonds is 4. The quantitative estimate of drug-likeness (QED) is 0.720. The smallest absolute Gasteiger partial charge is 0.317 e. The molecule has 1 aliphatic rings. The zero-order valence-electron chi connectivity index (χ0n) is 9.17. The largest absolute Gasteiger partial charge is 0.380 e. The van der Waals surface area contributed by atoms with Crippen molar-refractivity contribution in [2.24, 2.45) is 0 Å². The highest BCUT2D eigenvalue weighted by Gasteiger charge is 2.22. The summed E-state index contributed by atoms with van der Waals surface area (Å²) in [7, 11) is 1.66. The van der Waals surface area contributed by atoms with Crippen LogP contribution in [0.5, 0.6) is 0 Å². The van der Waals surface area contributed by atoms with Crippen molar-refractivity contribution in [2.45, 2.75) is 25.4 Å². The van der Waals surface area contributed by atoms with E-state index in [1.165, 1.54) is 0 Å². The lowest BCUT2D eigenvalue weighted by Gasteiger charge is -2.31. The average Bonchev–Trinajstić information content (AvgIpc) is 2.29. The van der Waals surface area contributed by atoms with Gasteiger partial charge in [0.25, 0.3) is 0 Å². The average molecular weight is 218 g/mol. The number of hydrogen-bond donors (Lipinski definition) is 1. The molecule has 0 radical (unpaired) electrons. The standard InChI is InChI=1S/C10H19FN2O2/c1-15-9-4-2-7-13(8-9)10(14)12-6-3-5-11/h9H,2-8H2,1H3,(H,12,14). The molecule has 1 aliphatic heterocycles. The third-order valence-corrected chi connectivity index (χ3v) is 2.59. The summed E-state index contributed by atoms with van der Waals surface area (Å²) >= 11 is 0. The Morgan fingerprint density at radius 3 is 3.13 bits per heavy atom. The highest BCUT2D eigenvalue weighted by molar-refractivity contribution is 5.74. The van der Waals surface area contributed by atoms with E-state index >= 15 is 0 Å². The van der Waals surface area contributed by atoms with E-state index < -0.39 is 0 Å². The van der Waals surface area contributed by atoms with Crippen molar-refractivity contribution in [2.75, 3.05) is 33.4 Å². The maximum Gasteiger partial charge on any atom is 0.317 e. The van der Waals surface area contributed by atoms with Crippen molar-refractivity contribution in [3.8, 4) is 0 Å². The number of likely N-dealkylation sites (tertiary alicyclic amines) is 1. The van der Waals surface area contributed by atoms with Crippen LogP contribution in [0.2, 0.25) is 0 Å². The first kappa shape index (κ1) is 12.2. The molecule has 0 aromatic rings. The summed E-state index contributed by atoms with van der Waals surface area (Å²) in [5.74, 6) is 0. The maximum atomic E-state index is 11.8. The van der Waals surface area contributed by atoms with Gasteiger partial charge in [0.15, 0.2) is 0 Å². The van der Waals surface area contributed by atoms with Gasteiger partial charge >= 0.3 is 6.03 Å². The van der Waals surface area contributed by atoms with Crippen molar-refractivity contribution in [1.82, 2.24) is 10.2 Å². The number of alkyl halides is 1. The van der Waals surface area contributed by atoms with Gasteiger partial charge in [-0.15, -0.1) is 0 Å². The lowest BCUT2D eigenvalue weighted by atomic mass is 10.1. The van der Waals surface area contributed by atoms with E-state index in [1.807, 2.05) is 0 Å². The monoisotopic (exact) mass is 218 g/mol. The van der Waals surface area contributed by atoms with Crippen LogP contribution in [0.15, 0.2) is 0 Å². The molecule has 0 saturated carbocycles. The van der Waals surface area contributed by atoms with E-state index in [9.17, 15) is 9.18 Å². The molecule has 1 fully saturated rings. The molecule has 0 bridgehead atoms.